The summed E-state index contributed by atoms with van der Waals surface area (Å²) in [6, 6.07) is 0. The van der Waals surface area contributed by atoms with Gasteiger partial charge in [-0.25, -0.2) is 8.78 Å². The number of likely N-dealkylation sites (N-methyl/N-ethyl adjacent to an activating group) is 1. The largest absolute Gasteiger partial charge is 0.491 e. The zero-order valence-corrected chi connectivity index (χ0v) is 12.9. The van der Waals surface area contributed by atoms with E-state index >= 15 is 0 Å². The summed E-state index contributed by atoms with van der Waals surface area (Å²) in [5.41, 5.74) is -0.743. The smallest absolute Gasteiger partial charge is 0.204 e. The molecule has 1 aromatic rings. The molecule has 0 N–H and O–H groups in total. The molecule has 2 nitrogen and oxygen atoms in total. The molecule has 1 aromatic carbocycles. The van der Waals surface area contributed by atoms with E-state index in [-0.39, 0.29) is 12.4 Å². The van der Waals surface area contributed by atoms with Gasteiger partial charge < -0.3 is 9.64 Å². The Morgan fingerprint density at radius 1 is 0.952 bits per heavy atom. The summed E-state index contributed by atoms with van der Waals surface area (Å²) in [5.74, 6) is -7.04. The van der Waals surface area contributed by atoms with Crippen molar-refractivity contribution in [3.63, 3.8) is 0 Å². The molecule has 0 aliphatic heterocycles. The number of hydrogen-bond donors (Lipinski definition) is 0. The van der Waals surface area contributed by atoms with E-state index < -0.39 is 34.6 Å². The Kier molecular flexibility index (Phi) is 8.36. The van der Waals surface area contributed by atoms with Gasteiger partial charge in [0.05, 0.1) is 12.7 Å². The molecule has 0 saturated carbocycles. The standard InChI is InChI=1S/C14H17F4NO.ClH/c1-4-19(5-2)8-6-7-9-10(15)12(17)14(20-3)13(18)11(9)16;/h6-7H,4-5,8H2,1-3H3;1H. The van der Waals surface area contributed by atoms with Gasteiger partial charge in [-0.05, 0) is 13.1 Å². The van der Waals surface area contributed by atoms with Crippen molar-refractivity contribution < 1.29 is 22.3 Å². The predicted molar refractivity (Wildman–Crippen MR) is 76.9 cm³/mol. The summed E-state index contributed by atoms with van der Waals surface area (Å²) in [5, 5.41) is 0. The molecule has 0 saturated heterocycles. The first-order valence-electron chi connectivity index (χ1n) is 6.26. The third-order valence-corrected chi connectivity index (χ3v) is 3.00. The first kappa shape index (κ1) is 19.7. The molecule has 0 heterocycles. The van der Waals surface area contributed by atoms with Crippen LogP contribution in [0.4, 0.5) is 17.6 Å². The van der Waals surface area contributed by atoms with Gasteiger partial charge in [0.15, 0.2) is 17.4 Å². The minimum atomic E-state index is -1.53. The molecule has 0 amide bonds. The molecule has 0 aliphatic carbocycles. The van der Waals surface area contributed by atoms with E-state index in [1.165, 1.54) is 6.08 Å². The molecule has 21 heavy (non-hydrogen) atoms. The molecule has 120 valence electrons. The fourth-order valence-corrected chi connectivity index (χ4v) is 1.76. The van der Waals surface area contributed by atoms with Crippen LogP contribution in [0.2, 0.25) is 0 Å². The average molecular weight is 328 g/mol. The third kappa shape index (κ3) is 4.35. The number of rotatable bonds is 6. The van der Waals surface area contributed by atoms with Gasteiger partial charge in [0, 0.05) is 6.54 Å². The quantitative estimate of drug-likeness (QED) is 0.578. The second-order valence-electron chi connectivity index (χ2n) is 4.09. The molecule has 0 fully saturated rings. The molecular weight excluding hydrogens is 310 g/mol. The number of halogens is 5. The van der Waals surface area contributed by atoms with Crippen LogP contribution in [-0.4, -0.2) is 31.6 Å². The summed E-state index contributed by atoms with van der Waals surface area (Å²) in [4.78, 5) is 1.97. The van der Waals surface area contributed by atoms with E-state index in [0.717, 1.165) is 26.3 Å². The summed E-state index contributed by atoms with van der Waals surface area (Å²) in [6.45, 7) is 5.83. The maximum atomic E-state index is 13.7. The summed E-state index contributed by atoms with van der Waals surface area (Å²) < 4.78 is 58.6. The lowest BCUT2D eigenvalue weighted by Crippen LogP contribution is -2.22. The molecule has 7 heteroatoms. The van der Waals surface area contributed by atoms with E-state index in [9.17, 15) is 17.6 Å². The number of methoxy groups -OCH3 is 1. The Labute approximate surface area is 127 Å². The van der Waals surface area contributed by atoms with Gasteiger partial charge in [0.25, 0.3) is 0 Å². The lowest BCUT2D eigenvalue weighted by Gasteiger charge is -2.15. The summed E-state index contributed by atoms with van der Waals surface area (Å²) in [6.07, 6.45) is 2.49. The molecule has 1 rings (SSSR count). The third-order valence-electron chi connectivity index (χ3n) is 3.00. The van der Waals surface area contributed by atoms with Crippen LogP contribution in [0.3, 0.4) is 0 Å². The van der Waals surface area contributed by atoms with Crippen LogP contribution < -0.4 is 4.74 Å². The molecule has 0 bridgehead atoms. The van der Waals surface area contributed by atoms with Crippen molar-refractivity contribution in [2.24, 2.45) is 0 Å². The Morgan fingerprint density at radius 2 is 1.43 bits per heavy atom. The highest BCUT2D eigenvalue weighted by Gasteiger charge is 2.24. The van der Waals surface area contributed by atoms with Gasteiger partial charge in [-0.1, -0.05) is 26.0 Å². The molecule has 0 aromatic heterocycles. The summed E-state index contributed by atoms with van der Waals surface area (Å²) >= 11 is 0. The lowest BCUT2D eigenvalue weighted by molar-refractivity contribution is 0.331. The maximum Gasteiger partial charge on any atom is 0.204 e. The predicted octanol–water partition coefficient (Wildman–Crippen LogP) is 4.03. The van der Waals surface area contributed by atoms with Gasteiger partial charge >= 0.3 is 0 Å². The Bertz CT molecular complexity index is 475. The van der Waals surface area contributed by atoms with Crippen molar-refractivity contribution in [1.29, 1.82) is 0 Å². The Morgan fingerprint density at radius 3 is 1.81 bits per heavy atom. The Balaban J connectivity index is 0.00000400. The fourth-order valence-electron chi connectivity index (χ4n) is 1.76. The van der Waals surface area contributed by atoms with E-state index in [2.05, 4.69) is 4.74 Å². The highest BCUT2D eigenvalue weighted by molar-refractivity contribution is 5.85. The van der Waals surface area contributed by atoms with Crippen molar-refractivity contribution in [2.45, 2.75) is 13.8 Å². The average Bonchev–Trinajstić information content (AvgIpc) is 2.45. The topological polar surface area (TPSA) is 12.5 Å². The number of ether oxygens (including phenoxy) is 1. The first-order chi connectivity index (χ1) is 9.47. The zero-order valence-electron chi connectivity index (χ0n) is 12.1. The highest BCUT2D eigenvalue weighted by Crippen LogP contribution is 2.30. The van der Waals surface area contributed by atoms with E-state index in [1.807, 2.05) is 18.7 Å². The van der Waals surface area contributed by atoms with Crippen LogP contribution in [-0.2, 0) is 0 Å². The molecule has 0 atom stereocenters. The highest BCUT2D eigenvalue weighted by atomic mass is 35.5. The SMILES string of the molecule is CCN(CC)CC=Cc1c(F)c(F)c(OC)c(F)c1F.Cl. The van der Waals surface area contributed by atoms with Crippen molar-refractivity contribution in [3.8, 4) is 5.75 Å². The molecular formula is C14H18ClF4NO. The number of nitrogens with zero attached hydrogens (tertiary/aromatic N) is 1. The van der Waals surface area contributed by atoms with Crippen LogP contribution in [0.1, 0.15) is 19.4 Å². The van der Waals surface area contributed by atoms with Gasteiger partial charge in [-0.2, -0.15) is 8.78 Å². The van der Waals surface area contributed by atoms with Crippen molar-refractivity contribution in [1.82, 2.24) is 4.90 Å². The van der Waals surface area contributed by atoms with Crippen molar-refractivity contribution >= 4 is 18.5 Å². The lowest BCUT2D eigenvalue weighted by atomic mass is 10.1. The monoisotopic (exact) mass is 327 g/mol. The minimum Gasteiger partial charge on any atom is -0.491 e. The maximum absolute atomic E-state index is 13.7. The molecule has 0 unspecified atom stereocenters. The molecule has 0 aliphatic rings. The Hall–Kier alpha value is -1.27. The molecule has 0 radical (unpaired) electrons. The van der Waals surface area contributed by atoms with Gasteiger partial charge in [0.1, 0.15) is 0 Å². The molecule has 0 spiro atoms. The summed E-state index contributed by atoms with van der Waals surface area (Å²) in [7, 11) is 0.941. The second kappa shape index (κ2) is 8.89. The van der Waals surface area contributed by atoms with Crippen molar-refractivity contribution in [2.75, 3.05) is 26.7 Å². The number of benzene rings is 1. The van der Waals surface area contributed by atoms with Crippen LogP contribution in [0.15, 0.2) is 6.08 Å². The van der Waals surface area contributed by atoms with Crippen LogP contribution >= 0.6 is 12.4 Å². The van der Waals surface area contributed by atoms with Crippen LogP contribution in [0.25, 0.3) is 6.08 Å². The van der Waals surface area contributed by atoms with Crippen LogP contribution in [0, 0.1) is 23.3 Å². The fraction of sp³-hybridized carbons (Fsp3) is 0.429. The first-order valence-corrected chi connectivity index (χ1v) is 6.26. The van der Waals surface area contributed by atoms with E-state index in [4.69, 9.17) is 0 Å². The normalized spacial score (nSPS) is 11.0. The second-order valence-corrected chi connectivity index (χ2v) is 4.09. The van der Waals surface area contributed by atoms with Gasteiger partial charge in [-0.15, -0.1) is 12.4 Å². The van der Waals surface area contributed by atoms with E-state index in [0.29, 0.717) is 6.54 Å². The van der Waals surface area contributed by atoms with E-state index in [1.54, 1.807) is 0 Å². The van der Waals surface area contributed by atoms with Crippen LogP contribution in [0.5, 0.6) is 5.75 Å². The zero-order chi connectivity index (χ0) is 15.3. The van der Waals surface area contributed by atoms with Gasteiger partial charge in [-0.3, -0.25) is 0 Å². The van der Waals surface area contributed by atoms with Gasteiger partial charge in [0.2, 0.25) is 11.6 Å². The number of hydrogen-bond acceptors (Lipinski definition) is 2. The minimum absolute atomic E-state index is 0. The van der Waals surface area contributed by atoms with Crippen molar-refractivity contribution in [3.05, 3.63) is 34.9 Å².